The second kappa shape index (κ2) is 7.29. The quantitative estimate of drug-likeness (QED) is 0.641. The second-order valence-electron chi connectivity index (χ2n) is 5.48. The molecule has 0 radical (unpaired) electrons. The SMILES string of the molecule is CCOC(=O)c1c(C)c(C(=O)c2ccc(F)cc2)n(C)c1CC(=O)O. The van der Waals surface area contributed by atoms with Crippen LogP contribution in [0.15, 0.2) is 24.3 Å². The number of benzene rings is 1. The number of carbonyl (C=O) groups is 3. The number of ketones is 1. The Morgan fingerprint density at radius 2 is 1.80 bits per heavy atom. The lowest BCUT2D eigenvalue weighted by Gasteiger charge is -2.07. The minimum Gasteiger partial charge on any atom is -0.481 e. The topological polar surface area (TPSA) is 85.6 Å². The molecule has 0 saturated heterocycles. The van der Waals surface area contributed by atoms with Crippen molar-refractivity contribution in [1.82, 2.24) is 4.57 Å². The van der Waals surface area contributed by atoms with E-state index in [-0.39, 0.29) is 29.1 Å². The van der Waals surface area contributed by atoms with E-state index in [1.54, 1.807) is 13.8 Å². The molecular weight excluding hydrogens is 329 g/mol. The molecule has 132 valence electrons. The van der Waals surface area contributed by atoms with Gasteiger partial charge in [0.1, 0.15) is 5.82 Å². The summed E-state index contributed by atoms with van der Waals surface area (Å²) in [7, 11) is 1.52. The molecule has 7 heteroatoms. The number of nitrogens with zero attached hydrogens (tertiary/aromatic N) is 1. The molecule has 1 aromatic heterocycles. The summed E-state index contributed by atoms with van der Waals surface area (Å²) in [5.74, 6) is -2.71. The number of esters is 1. The van der Waals surface area contributed by atoms with Crippen molar-refractivity contribution in [3.05, 3.63) is 58.2 Å². The maximum atomic E-state index is 13.1. The third kappa shape index (κ3) is 3.60. The lowest BCUT2D eigenvalue weighted by Crippen LogP contribution is -2.14. The van der Waals surface area contributed by atoms with Crippen LogP contribution in [0.2, 0.25) is 0 Å². The van der Waals surface area contributed by atoms with Crippen molar-refractivity contribution in [2.24, 2.45) is 7.05 Å². The number of halogens is 1. The molecule has 0 fully saturated rings. The van der Waals surface area contributed by atoms with Crippen molar-refractivity contribution in [2.45, 2.75) is 20.3 Å². The number of hydrogen-bond acceptors (Lipinski definition) is 4. The van der Waals surface area contributed by atoms with Gasteiger partial charge in [0, 0.05) is 18.3 Å². The Balaban J connectivity index is 2.61. The Labute approximate surface area is 143 Å². The maximum absolute atomic E-state index is 13.1. The minimum atomic E-state index is -1.13. The molecule has 0 atom stereocenters. The van der Waals surface area contributed by atoms with Crippen LogP contribution in [0.1, 0.15) is 44.6 Å². The highest BCUT2D eigenvalue weighted by Gasteiger charge is 2.29. The molecule has 0 spiro atoms. The van der Waals surface area contributed by atoms with Gasteiger partial charge in [0.25, 0.3) is 0 Å². The van der Waals surface area contributed by atoms with Crippen LogP contribution in [0, 0.1) is 12.7 Å². The third-order valence-corrected chi connectivity index (χ3v) is 3.88. The Morgan fingerprint density at radius 1 is 1.20 bits per heavy atom. The molecule has 2 aromatic rings. The van der Waals surface area contributed by atoms with Crippen molar-refractivity contribution in [3.8, 4) is 0 Å². The lowest BCUT2D eigenvalue weighted by atomic mass is 10.0. The highest BCUT2D eigenvalue weighted by molar-refractivity contribution is 6.11. The number of aromatic nitrogens is 1. The zero-order valence-corrected chi connectivity index (χ0v) is 14.1. The van der Waals surface area contributed by atoms with Gasteiger partial charge in [0.2, 0.25) is 5.78 Å². The van der Waals surface area contributed by atoms with Gasteiger partial charge in [-0.1, -0.05) is 0 Å². The molecule has 0 aliphatic carbocycles. The fraction of sp³-hybridized carbons (Fsp3) is 0.278. The normalized spacial score (nSPS) is 10.6. The largest absolute Gasteiger partial charge is 0.481 e. The van der Waals surface area contributed by atoms with Gasteiger partial charge in [-0.15, -0.1) is 0 Å². The number of carboxylic acid groups (broad SMARTS) is 1. The van der Waals surface area contributed by atoms with Crippen LogP contribution in [0.25, 0.3) is 0 Å². The van der Waals surface area contributed by atoms with Crippen LogP contribution >= 0.6 is 0 Å². The van der Waals surface area contributed by atoms with Gasteiger partial charge in [-0.25, -0.2) is 9.18 Å². The van der Waals surface area contributed by atoms with Crippen LogP contribution in [0.5, 0.6) is 0 Å². The highest BCUT2D eigenvalue weighted by Crippen LogP contribution is 2.26. The van der Waals surface area contributed by atoms with E-state index in [2.05, 4.69) is 0 Å². The summed E-state index contributed by atoms with van der Waals surface area (Å²) in [6.45, 7) is 3.33. The van der Waals surface area contributed by atoms with Gasteiger partial charge >= 0.3 is 11.9 Å². The van der Waals surface area contributed by atoms with Gasteiger partial charge in [0.05, 0.1) is 24.3 Å². The fourth-order valence-electron chi connectivity index (χ4n) is 2.77. The first kappa shape index (κ1) is 18.4. The van der Waals surface area contributed by atoms with Gasteiger partial charge < -0.3 is 14.4 Å². The smallest absolute Gasteiger partial charge is 0.340 e. The van der Waals surface area contributed by atoms with E-state index < -0.39 is 30.0 Å². The Morgan fingerprint density at radius 3 is 2.32 bits per heavy atom. The van der Waals surface area contributed by atoms with E-state index in [0.717, 1.165) is 12.1 Å². The lowest BCUT2D eigenvalue weighted by molar-refractivity contribution is -0.136. The van der Waals surface area contributed by atoms with Crippen molar-refractivity contribution in [3.63, 3.8) is 0 Å². The number of hydrogen-bond donors (Lipinski definition) is 1. The third-order valence-electron chi connectivity index (χ3n) is 3.88. The zero-order valence-electron chi connectivity index (χ0n) is 14.1. The van der Waals surface area contributed by atoms with Gasteiger partial charge in [0.15, 0.2) is 0 Å². The average molecular weight is 347 g/mol. The molecule has 1 heterocycles. The average Bonchev–Trinajstić information content (AvgIpc) is 2.78. The van der Waals surface area contributed by atoms with Gasteiger partial charge in [-0.05, 0) is 43.7 Å². The molecule has 1 aromatic carbocycles. The summed E-state index contributed by atoms with van der Waals surface area (Å²) in [5, 5.41) is 9.12. The molecule has 0 amide bonds. The van der Waals surface area contributed by atoms with E-state index in [1.165, 1.54) is 23.7 Å². The van der Waals surface area contributed by atoms with Crippen molar-refractivity contribution in [1.29, 1.82) is 0 Å². The first-order valence-electron chi connectivity index (χ1n) is 7.65. The van der Waals surface area contributed by atoms with E-state index in [4.69, 9.17) is 9.84 Å². The predicted octanol–water partition coefficient (Wildman–Crippen LogP) is 2.51. The molecule has 6 nitrogen and oxygen atoms in total. The number of aliphatic carboxylic acids is 1. The minimum absolute atomic E-state index is 0.0808. The molecule has 25 heavy (non-hydrogen) atoms. The summed E-state index contributed by atoms with van der Waals surface area (Å²) < 4.78 is 19.5. The van der Waals surface area contributed by atoms with E-state index >= 15 is 0 Å². The van der Waals surface area contributed by atoms with Gasteiger partial charge in [-0.3, -0.25) is 9.59 Å². The number of ether oxygens (including phenoxy) is 1. The van der Waals surface area contributed by atoms with E-state index in [9.17, 15) is 18.8 Å². The molecule has 0 aliphatic rings. The van der Waals surface area contributed by atoms with Crippen molar-refractivity contribution < 1.29 is 28.6 Å². The monoisotopic (exact) mass is 347 g/mol. The summed E-state index contributed by atoms with van der Waals surface area (Å²) >= 11 is 0. The highest BCUT2D eigenvalue weighted by atomic mass is 19.1. The molecule has 2 rings (SSSR count). The van der Waals surface area contributed by atoms with Crippen LogP contribution in [-0.4, -0.2) is 34.0 Å². The van der Waals surface area contributed by atoms with Gasteiger partial charge in [-0.2, -0.15) is 0 Å². The Hall–Kier alpha value is -2.96. The van der Waals surface area contributed by atoms with Crippen molar-refractivity contribution in [2.75, 3.05) is 6.61 Å². The molecular formula is C18H18FNO5. The maximum Gasteiger partial charge on any atom is 0.340 e. The second-order valence-corrected chi connectivity index (χ2v) is 5.48. The molecule has 0 saturated carbocycles. The molecule has 0 unspecified atom stereocenters. The predicted molar refractivity (Wildman–Crippen MR) is 87.3 cm³/mol. The van der Waals surface area contributed by atoms with E-state index in [0.29, 0.717) is 5.56 Å². The number of carbonyl (C=O) groups excluding carboxylic acids is 2. The van der Waals surface area contributed by atoms with Crippen LogP contribution in [-0.2, 0) is 23.0 Å². The van der Waals surface area contributed by atoms with Crippen molar-refractivity contribution >= 4 is 17.7 Å². The number of carboxylic acids is 1. The Kier molecular flexibility index (Phi) is 5.36. The van der Waals surface area contributed by atoms with Crippen LogP contribution in [0.3, 0.4) is 0 Å². The summed E-state index contributed by atoms with van der Waals surface area (Å²) in [5.41, 5.74) is 1.02. The van der Waals surface area contributed by atoms with Crippen LogP contribution in [0.4, 0.5) is 4.39 Å². The molecule has 0 bridgehead atoms. The fourth-order valence-corrected chi connectivity index (χ4v) is 2.77. The first-order valence-corrected chi connectivity index (χ1v) is 7.65. The number of rotatable bonds is 6. The first-order chi connectivity index (χ1) is 11.8. The van der Waals surface area contributed by atoms with Crippen LogP contribution < -0.4 is 0 Å². The Bertz CT molecular complexity index is 836. The molecule has 1 N–H and O–H groups in total. The standard InChI is InChI=1S/C18H18FNO5/c1-4-25-18(24)15-10(2)16(20(3)13(15)9-14(21)22)17(23)11-5-7-12(19)8-6-11/h5-8H,4,9H2,1-3H3,(H,21,22). The summed E-state index contributed by atoms with van der Waals surface area (Å²) in [4.78, 5) is 36.2. The van der Waals surface area contributed by atoms with E-state index in [1.807, 2.05) is 0 Å². The zero-order chi connectivity index (χ0) is 18.7. The molecule has 0 aliphatic heterocycles. The summed E-state index contributed by atoms with van der Waals surface area (Å²) in [6, 6.07) is 5.00. The summed E-state index contributed by atoms with van der Waals surface area (Å²) in [6.07, 6.45) is -0.428.